The quantitative estimate of drug-likeness (QED) is 0.562. The molecule has 13 heavy (non-hydrogen) atoms. The van der Waals surface area contributed by atoms with Gasteiger partial charge in [0.15, 0.2) is 0 Å². The molecular weight excluding hydrogens is 158 g/mol. The first-order chi connectivity index (χ1) is 6.21. The Morgan fingerprint density at radius 1 is 0.692 bits per heavy atom. The van der Waals surface area contributed by atoms with Crippen LogP contribution in [-0.2, 0) is 0 Å². The molecule has 0 aromatic heterocycles. The van der Waals surface area contributed by atoms with Gasteiger partial charge in [-0.1, -0.05) is 24.3 Å². The van der Waals surface area contributed by atoms with Crippen LogP contribution < -0.4 is 0 Å². The molecule has 68 valence electrons. The summed E-state index contributed by atoms with van der Waals surface area (Å²) in [6, 6.07) is 1.05. The van der Waals surface area contributed by atoms with Crippen LogP contribution in [0.1, 0.15) is 0 Å². The van der Waals surface area contributed by atoms with Crippen LogP contribution in [0.3, 0.4) is 0 Å². The summed E-state index contributed by atoms with van der Waals surface area (Å²) >= 11 is 0. The number of hydrogen-bond donors (Lipinski definition) is 0. The Kier molecular flexibility index (Phi) is 1.97. The highest BCUT2D eigenvalue weighted by atomic mass is 15.4. The van der Waals surface area contributed by atoms with Gasteiger partial charge >= 0.3 is 0 Å². The Balaban J connectivity index is 2.19. The second kappa shape index (κ2) is 3.00. The van der Waals surface area contributed by atoms with Crippen LogP contribution in [0.15, 0.2) is 48.6 Å². The van der Waals surface area contributed by atoms with Crippen molar-refractivity contribution in [2.24, 2.45) is 0 Å². The van der Waals surface area contributed by atoms with Gasteiger partial charge < -0.3 is 4.48 Å². The number of likely N-dealkylation sites (N-methyl/N-ethyl adjacent to an activating group) is 1. The zero-order chi connectivity index (χ0) is 9.31. The molecule has 1 heteroatoms. The van der Waals surface area contributed by atoms with Crippen molar-refractivity contribution in [2.45, 2.75) is 12.1 Å². The predicted molar refractivity (Wildman–Crippen MR) is 56.2 cm³/mol. The molecule has 0 saturated carbocycles. The summed E-state index contributed by atoms with van der Waals surface area (Å²) in [5.41, 5.74) is 0. The van der Waals surface area contributed by atoms with Crippen molar-refractivity contribution in [3.8, 4) is 0 Å². The third-order valence-corrected chi connectivity index (χ3v) is 2.99. The maximum absolute atomic E-state index is 2.27. The minimum absolute atomic E-state index is 0.525. The van der Waals surface area contributed by atoms with Crippen LogP contribution >= 0.6 is 0 Å². The molecule has 0 aliphatic heterocycles. The van der Waals surface area contributed by atoms with Crippen LogP contribution in [0.25, 0.3) is 0 Å². The van der Waals surface area contributed by atoms with Crippen LogP contribution in [0.2, 0.25) is 0 Å². The van der Waals surface area contributed by atoms with E-state index in [0.717, 1.165) is 4.48 Å². The number of rotatable bonds is 2. The molecule has 0 aromatic rings. The standard InChI is InChI=1S/C12H16N/c1-13(2,11-7-3-4-8-11)12-9-5-6-10-12/h3-12H,1-2H3/q+1. The Bertz CT molecular complexity index is 251. The minimum atomic E-state index is 0.525. The Morgan fingerprint density at radius 3 is 1.31 bits per heavy atom. The van der Waals surface area contributed by atoms with Gasteiger partial charge in [-0.05, 0) is 24.3 Å². The van der Waals surface area contributed by atoms with Gasteiger partial charge in [-0.15, -0.1) is 0 Å². The zero-order valence-corrected chi connectivity index (χ0v) is 8.22. The van der Waals surface area contributed by atoms with Crippen LogP contribution in [0.5, 0.6) is 0 Å². The largest absolute Gasteiger partial charge is 0.311 e. The summed E-state index contributed by atoms with van der Waals surface area (Å²) in [5.74, 6) is 0. The molecule has 0 radical (unpaired) electrons. The fourth-order valence-corrected chi connectivity index (χ4v) is 1.93. The third-order valence-electron chi connectivity index (χ3n) is 2.99. The predicted octanol–water partition coefficient (Wildman–Crippen LogP) is 2.05. The fourth-order valence-electron chi connectivity index (χ4n) is 1.93. The monoisotopic (exact) mass is 174 g/mol. The highest BCUT2D eigenvalue weighted by Crippen LogP contribution is 2.22. The summed E-state index contributed by atoms with van der Waals surface area (Å²) in [6.45, 7) is 0. The average molecular weight is 174 g/mol. The van der Waals surface area contributed by atoms with E-state index >= 15 is 0 Å². The molecule has 2 aliphatic rings. The summed E-state index contributed by atoms with van der Waals surface area (Å²) < 4.78 is 0.986. The molecule has 0 spiro atoms. The van der Waals surface area contributed by atoms with Crippen molar-refractivity contribution in [3.63, 3.8) is 0 Å². The molecule has 0 unspecified atom stereocenters. The van der Waals surface area contributed by atoms with Crippen molar-refractivity contribution in [3.05, 3.63) is 48.6 Å². The molecule has 0 fully saturated rings. The second-order valence-corrected chi connectivity index (χ2v) is 4.15. The zero-order valence-electron chi connectivity index (χ0n) is 8.22. The molecule has 0 atom stereocenters. The molecule has 0 bridgehead atoms. The molecule has 0 heterocycles. The van der Waals surface area contributed by atoms with E-state index in [9.17, 15) is 0 Å². The molecule has 2 aliphatic carbocycles. The van der Waals surface area contributed by atoms with Gasteiger partial charge in [0.05, 0.1) is 14.1 Å². The molecule has 0 N–H and O–H groups in total. The number of quaternary nitrogens is 1. The molecule has 0 saturated heterocycles. The maximum Gasteiger partial charge on any atom is 0.127 e. The summed E-state index contributed by atoms with van der Waals surface area (Å²) in [4.78, 5) is 0. The molecule has 2 rings (SSSR count). The van der Waals surface area contributed by atoms with Gasteiger partial charge in [-0.3, -0.25) is 0 Å². The van der Waals surface area contributed by atoms with E-state index in [-0.39, 0.29) is 0 Å². The Morgan fingerprint density at radius 2 is 1.00 bits per heavy atom. The topological polar surface area (TPSA) is 0 Å². The van der Waals surface area contributed by atoms with Gasteiger partial charge in [0.2, 0.25) is 0 Å². The van der Waals surface area contributed by atoms with E-state index in [1.165, 1.54) is 0 Å². The molecule has 0 aromatic carbocycles. The first kappa shape index (κ1) is 8.52. The number of hydrogen-bond acceptors (Lipinski definition) is 0. The average Bonchev–Trinajstić information content (AvgIpc) is 2.78. The second-order valence-electron chi connectivity index (χ2n) is 4.15. The first-order valence-electron chi connectivity index (χ1n) is 4.74. The summed E-state index contributed by atoms with van der Waals surface area (Å²) in [7, 11) is 4.55. The van der Waals surface area contributed by atoms with Crippen molar-refractivity contribution in [1.29, 1.82) is 0 Å². The number of allylic oxidation sites excluding steroid dienone is 4. The van der Waals surface area contributed by atoms with Crippen LogP contribution in [0, 0.1) is 0 Å². The van der Waals surface area contributed by atoms with Crippen LogP contribution in [0.4, 0.5) is 0 Å². The lowest BCUT2D eigenvalue weighted by molar-refractivity contribution is -0.913. The number of nitrogens with zero attached hydrogens (tertiary/aromatic N) is 1. The van der Waals surface area contributed by atoms with E-state index in [1.54, 1.807) is 0 Å². The smallest absolute Gasteiger partial charge is 0.127 e. The lowest BCUT2D eigenvalue weighted by Gasteiger charge is -2.38. The normalized spacial score (nSPS) is 22.3. The Hall–Kier alpha value is -1.08. The minimum Gasteiger partial charge on any atom is -0.311 e. The molecule has 1 nitrogen and oxygen atoms in total. The Labute approximate surface area is 80.0 Å². The van der Waals surface area contributed by atoms with Gasteiger partial charge in [0, 0.05) is 0 Å². The van der Waals surface area contributed by atoms with Crippen LogP contribution in [-0.4, -0.2) is 30.7 Å². The third kappa shape index (κ3) is 1.40. The fraction of sp³-hybridized carbons (Fsp3) is 0.333. The van der Waals surface area contributed by atoms with Crippen molar-refractivity contribution in [2.75, 3.05) is 14.1 Å². The lowest BCUT2D eigenvalue weighted by Crippen LogP contribution is -2.52. The van der Waals surface area contributed by atoms with Gasteiger partial charge in [-0.2, -0.15) is 0 Å². The first-order valence-corrected chi connectivity index (χ1v) is 4.74. The SMILES string of the molecule is C[N+](C)(C1C=CC=C1)C1C=CC=C1. The highest BCUT2D eigenvalue weighted by Gasteiger charge is 2.31. The summed E-state index contributed by atoms with van der Waals surface area (Å²) in [5, 5.41) is 0. The van der Waals surface area contributed by atoms with E-state index in [2.05, 4.69) is 62.7 Å². The van der Waals surface area contributed by atoms with Crippen molar-refractivity contribution >= 4 is 0 Å². The maximum atomic E-state index is 2.27. The lowest BCUT2D eigenvalue weighted by atomic mass is 10.1. The van der Waals surface area contributed by atoms with Gasteiger partial charge in [0.1, 0.15) is 12.1 Å². The van der Waals surface area contributed by atoms with Gasteiger partial charge in [0.25, 0.3) is 0 Å². The van der Waals surface area contributed by atoms with Gasteiger partial charge in [-0.25, -0.2) is 0 Å². The van der Waals surface area contributed by atoms with Crippen molar-refractivity contribution in [1.82, 2.24) is 0 Å². The van der Waals surface area contributed by atoms with E-state index in [0.29, 0.717) is 12.1 Å². The molecule has 0 amide bonds. The van der Waals surface area contributed by atoms with E-state index in [1.807, 2.05) is 0 Å². The van der Waals surface area contributed by atoms with E-state index in [4.69, 9.17) is 0 Å². The highest BCUT2D eigenvalue weighted by molar-refractivity contribution is 5.23. The van der Waals surface area contributed by atoms with Crippen molar-refractivity contribution < 1.29 is 4.48 Å². The van der Waals surface area contributed by atoms with E-state index < -0.39 is 0 Å². The summed E-state index contributed by atoms with van der Waals surface area (Å²) in [6.07, 6.45) is 17.6. The molecular formula is C12H16N+.